The fourth-order valence-electron chi connectivity index (χ4n) is 4.14. The zero-order chi connectivity index (χ0) is 13.0. The van der Waals surface area contributed by atoms with Crippen LogP contribution in [0.2, 0.25) is 0 Å². The Bertz CT molecular complexity index is 241. The summed E-state index contributed by atoms with van der Waals surface area (Å²) in [5, 5.41) is 3.82. The molecular weight excluding hydrogens is 220 g/mol. The van der Waals surface area contributed by atoms with Crippen LogP contribution in [0, 0.1) is 0 Å². The summed E-state index contributed by atoms with van der Waals surface area (Å²) in [7, 11) is 0. The van der Waals surface area contributed by atoms with Gasteiger partial charge in [-0.3, -0.25) is 4.90 Å². The second kappa shape index (κ2) is 6.38. The smallest absolute Gasteiger partial charge is 0.0337 e. The van der Waals surface area contributed by atoms with Crippen molar-refractivity contribution in [3.05, 3.63) is 0 Å². The molecule has 18 heavy (non-hydrogen) atoms. The van der Waals surface area contributed by atoms with Crippen LogP contribution in [0.3, 0.4) is 0 Å². The van der Waals surface area contributed by atoms with E-state index < -0.39 is 0 Å². The Kier molecular flexibility index (Phi) is 5.08. The quantitative estimate of drug-likeness (QED) is 0.823. The van der Waals surface area contributed by atoms with Gasteiger partial charge in [0.15, 0.2) is 0 Å². The molecule has 0 aromatic carbocycles. The van der Waals surface area contributed by atoms with Gasteiger partial charge in [0.25, 0.3) is 0 Å². The predicted octanol–water partition coefficient (Wildman–Crippen LogP) is 3.56. The van der Waals surface area contributed by atoms with Crippen LogP contribution >= 0.6 is 0 Å². The van der Waals surface area contributed by atoms with Gasteiger partial charge in [0.2, 0.25) is 0 Å². The number of rotatable bonds is 4. The van der Waals surface area contributed by atoms with Gasteiger partial charge in [-0.2, -0.15) is 0 Å². The van der Waals surface area contributed by atoms with Crippen LogP contribution in [-0.4, -0.2) is 35.6 Å². The normalized spacial score (nSPS) is 29.0. The zero-order valence-corrected chi connectivity index (χ0v) is 12.7. The summed E-state index contributed by atoms with van der Waals surface area (Å²) < 4.78 is 0. The van der Waals surface area contributed by atoms with Crippen LogP contribution in [-0.2, 0) is 0 Å². The first-order chi connectivity index (χ1) is 8.75. The summed E-state index contributed by atoms with van der Waals surface area (Å²) >= 11 is 0. The number of hydrogen-bond acceptors (Lipinski definition) is 2. The summed E-state index contributed by atoms with van der Waals surface area (Å²) in [5.74, 6) is 0. The second-order valence-electron chi connectivity index (χ2n) is 6.39. The van der Waals surface area contributed by atoms with Gasteiger partial charge >= 0.3 is 0 Å². The molecule has 0 aromatic rings. The third kappa shape index (κ3) is 2.75. The van der Waals surface area contributed by atoms with Crippen LogP contribution in [0.5, 0.6) is 0 Å². The lowest BCUT2D eigenvalue weighted by atomic mass is 9.77. The molecule has 1 unspecified atom stereocenters. The van der Waals surface area contributed by atoms with Gasteiger partial charge in [0, 0.05) is 30.7 Å². The molecule has 1 spiro atoms. The molecule has 2 nitrogen and oxygen atoms in total. The average molecular weight is 252 g/mol. The van der Waals surface area contributed by atoms with Crippen molar-refractivity contribution in [3.63, 3.8) is 0 Å². The highest BCUT2D eigenvalue weighted by molar-refractivity contribution is 5.02. The lowest BCUT2D eigenvalue weighted by Gasteiger charge is -2.55. The minimum absolute atomic E-state index is 0.501. The number of nitrogens with one attached hydrogen (secondary N) is 1. The molecule has 2 aliphatic rings. The molecule has 0 bridgehead atoms. The highest BCUT2D eigenvalue weighted by Gasteiger charge is 2.43. The van der Waals surface area contributed by atoms with Crippen LogP contribution < -0.4 is 5.32 Å². The highest BCUT2D eigenvalue weighted by atomic mass is 15.3. The van der Waals surface area contributed by atoms with Gasteiger partial charge in [-0.15, -0.1) is 0 Å². The molecule has 106 valence electrons. The number of piperazine rings is 1. The minimum atomic E-state index is 0.501. The Morgan fingerprint density at radius 1 is 1.11 bits per heavy atom. The topological polar surface area (TPSA) is 15.3 Å². The van der Waals surface area contributed by atoms with Crippen LogP contribution in [0.25, 0.3) is 0 Å². The summed E-state index contributed by atoms with van der Waals surface area (Å²) in [5.41, 5.74) is 0.501. The first-order valence-electron chi connectivity index (χ1n) is 8.26. The van der Waals surface area contributed by atoms with E-state index in [2.05, 4.69) is 31.0 Å². The maximum Gasteiger partial charge on any atom is 0.0337 e. The van der Waals surface area contributed by atoms with Crippen LogP contribution in [0.4, 0.5) is 0 Å². The maximum atomic E-state index is 3.82. The zero-order valence-electron chi connectivity index (χ0n) is 12.7. The van der Waals surface area contributed by atoms with Crippen LogP contribution in [0.1, 0.15) is 72.1 Å². The fourth-order valence-corrected chi connectivity index (χ4v) is 4.14. The van der Waals surface area contributed by atoms with E-state index in [0.717, 1.165) is 12.1 Å². The largest absolute Gasteiger partial charge is 0.311 e. The SMILES string of the molecule is CCC1CN(C(CC)CC)C2(CCCCC2)CN1. The molecule has 0 aromatic heterocycles. The monoisotopic (exact) mass is 252 g/mol. The van der Waals surface area contributed by atoms with Crippen molar-refractivity contribution >= 4 is 0 Å². The van der Waals surface area contributed by atoms with Crippen LogP contribution in [0.15, 0.2) is 0 Å². The van der Waals surface area contributed by atoms with Crippen molar-refractivity contribution < 1.29 is 0 Å². The van der Waals surface area contributed by atoms with Crippen molar-refractivity contribution in [1.82, 2.24) is 10.2 Å². The van der Waals surface area contributed by atoms with E-state index in [0.29, 0.717) is 5.54 Å². The van der Waals surface area contributed by atoms with Gasteiger partial charge in [0.05, 0.1) is 0 Å². The highest BCUT2D eigenvalue weighted by Crippen LogP contribution is 2.38. The van der Waals surface area contributed by atoms with Gasteiger partial charge < -0.3 is 5.32 Å². The minimum Gasteiger partial charge on any atom is -0.311 e. The molecule has 2 heteroatoms. The predicted molar refractivity (Wildman–Crippen MR) is 79.0 cm³/mol. The molecule has 2 fully saturated rings. The fraction of sp³-hybridized carbons (Fsp3) is 1.00. The molecule has 1 aliphatic carbocycles. The van der Waals surface area contributed by atoms with E-state index >= 15 is 0 Å². The standard InChI is InChI=1S/C16H32N2/c1-4-14-12-18(15(5-2)6-3)16(13-17-14)10-8-7-9-11-16/h14-15,17H,4-13H2,1-3H3. The molecule has 0 radical (unpaired) electrons. The first-order valence-corrected chi connectivity index (χ1v) is 8.26. The Labute approximate surface area is 114 Å². The van der Waals surface area contributed by atoms with Gasteiger partial charge in [-0.05, 0) is 32.1 Å². The van der Waals surface area contributed by atoms with E-state index in [-0.39, 0.29) is 0 Å². The van der Waals surface area contributed by atoms with Gasteiger partial charge in [-0.1, -0.05) is 40.0 Å². The van der Waals surface area contributed by atoms with E-state index in [1.807, 2.05) is 0 Å². The summed E-state index contributed by atoms with van der Waals surface area (Å²) in [6.45, 7) is 9.58. The molecule has 1 heterocycles. The average Bonchev–Trinajstić information content (AvgIpc) is 2.43. The lowest BCUT2D eigenvalue weighted by Crippen LogP contribution is -2.67. The van der Waals surface area contributed by atoms with Crippen molar-refractivity contribution in [2.45, 2.75) is 89.8 Å². The molecule has 1 saturated carbocycles. The third-order valence-corrected chi connectivity index (χ3v) is 5.41. The summed E-state index contributed by atoms with van der Waals surface area (Å²) in [6, 6.07) is 1.53. The van der Waals surface area contributed by atoms with Crippen molar-refractivity contribution in [2.75, 3.05) is 13.1 Å². The summed E-state index contributed by atoms with van der Waals surface area (Å²) in [4.78, 5) is 2.91. The van der Waals surface area contributed by atoms with E-state index in [9.17, 15) is 0 Å². The Balaban J connectivity index is 2.14. The number of nitrogens with zero attached hydrogens (tertiary/aromatic N) is 1. The first kappa shape index (κ1) is 14.3. The molecule has 1 atom stereocenters. The molecule has 1 N–H and O–H groups in total. The van der Waals surface area contributed by atoms with E-state index in [1.165, 1.54) is 64.5 Å². The van der Waals surface area contributed by atoms with Crippen molar-refractivity contribution in [2.24, 2.45) is 0 Å². The molecule has 0 amide bonds. The molecule has 2 rings (SSSR count). The molecule has 1 saturated heterocycles. The Morgan fingerprint density at radius 3 is 2.33 bits per heavy atom. The molecular formula is C16H32N2. The van der Waals surface area contributed by atoms with Gasteiger partial charge in [0.1, 0.15) is 0 Å². The Morgan fingerprint density at radius 2 is 1.78 bits per heavy atom. The second-order valence-corrected chi connectivity index (χ2v) is 6.39. The Hall–Kier alpha value is -0.0800. The van der Waals surface area contributed by atoms with E-state index in [4.69, 9.17) is 0 Å². The maximum absolute atomic E-state index is 3.82. The third-order valence-electron chi connectivity index (χ3n) is 5.41. The van der Waals surface area contributed by atoms with E-state index in [1.54, 1.807) is 0 Å². The van der Waals surface area contributed by atoms with Gasteiger partial charge in [-0.25, -0.2) is 0 Å². The summed E-state index contributed by atoms with van der Waals surface area (Å²) in [6.07, 6.45) is 11.1. The number of hydrogen-bond donors (Lipinski definition) is 1. The van der Waals surface area contributed by atoms with Crippen molar-refractivity contribution in [3.8, 4) is 0 Å². The molecule has 1 aliphatic heterocycles. The lowest BCUT2D eigenvalue weighted by molar-refractivity contribution is -0.0256. The van der Waals surface area contributed by atoms with Crippen molar-refractivity contribution in [1.29, 1.82) is 0 Å².